The Balaban J connectivity index is 2.43. The molecular weight excluding hydrogens is 432 g/mol. The summed E-state index contributed by atoms with van der Waals surface area (Å²) in [6, 6.07) is 10.3. The Hall–Kier alpha value is -3.28. The van der Waals surface area contributed by atoms with Crippen molar-refractivity contribution in [2.45, 2.75) is 34.1 Å². The fourth-order valence-corrected chi connectivity index (χ4v) is 4.05. The fraction of sp³-hybridized carbons (Fsp3) is 0.429. The molecule has 0 N–H and O–H groups in total. The first-order chi connectivity index (χ1) is 16.2. The van der Waals surface area contributed by atoms with Crippen molar-refractivity contribution in [3.05, 3.63) is 59.2 Å². The second kappa shape index (κ2) is 12.3. The molecule has 0 saturated carbocycles. The number of carbonyl (C=O) groups excluding carboxylic acids is 2. The Kier molecular flexibility index (Phi) is 9.72. The molecule has 0 aliphatic carbocycles. The normalized spacial score (nSPS) is 12.5. The zero-order chi connectivity index (χ0) is 25.4. The van der Waals surface area contributed by atoms with E-state index >= 15 is 0 Å². The molecule has 0 fully saturated rings. The van der Waals surface area contributed by atoms with Crippen molar-refractivity contribution in [2.24, 2.45) is 17.8 Å². The highest BCUT2D eigenvalue weighted by molar-refractivity contribution is 6.01. The van der Waals surface area contributed by atoms with Crippen molar-refractivity contribution >= 4 is 11.6 Å². The minimum absolute atomic E-state index is 0.0491. The van der Waals surface area contributed by atoms with Crippen LogP contribution in [0.3, 0.4) is 0 Å². The topological polar surface area (TPSA) is 71.1 Å². The Morgan fingerprint density at radius 2 is 1.24 bits per heavy atom. The van der Waals surface area contributed by atoms with Crippen molar-refractivity contribution in [3.63, 3.8) is 0 Å². The molecule has 0 aromatic heterocycles. The fourth-order valence-electron chi connectivity index (χ4n) is 4.05. The van der Waals surface area contributed by atoms with E-state index in [1.807, 2.05) is 33.8 Å². The summed E-state index contributed by atoms with van der Waals surface area (Å²) in [6.45, 7) is 8.01. The lowest BCUT2D eigenvalue weighted by Gasteiger charge is -2.28. The highest BCUT2D eigenvalue weighted by Gasteiger charge is 2.32. The van der Waals surface area contributed by atoms with Gasteiger partial charge in [0.25, 0.3) is 0 Å². The molecule has 2 unspecified atom stereocenters. The first kappa shape index (κ1) is 27.0. The first-order valence-corrected chi connectivity index (χ1v) is 11.3. The molecule has 0 spiro atoms. The zero-order valence-corrected chi connectivity index (χ0v) is 21.4. The minimum atomic E-state index is -0.466. The molecule has 0 aliphatic rings. The summed E-state index contributed by atoms with van der Waals surface area (Å²) in [7, 11) is 6.19. The third-order valence-corrected chi connectivity index (χ3v) is 5.93. The molecule has 2 atom stereocenters. The van der Waals surface area contributed by atoms with Crippen LogP contribution in [0.5, 0.6) is 23.0 Å². The van der Waals surface area contributed by atoms with E-state index in [0.29, 0.717) is 34.1 Å². The average molecular weight is 469 g/mol. The lowest BCUT2D eigenvalue weighted by atomic mass is 9.75. The van der Waals surface area contributed by atoms with Gasteiger partial charge in [-0.05, 0) is 62.1 Å². The molecule has 0 amide bonds. The Morgan fingerprint density at radius 1 is 0.765 bits per heavy atom. The smallest absolute Gasteiger partial charge is 0.170 e. The van der Waals surface area contributed by atoms with Crippen molar-refractivity contribution in [1.82, 2.24) is 0 Å². The summed E-state index contributed by atoms with van der Waals surface area (Å²) in [6.07, 6.45) is 2.19. The van der Waals surface area contributed by atoms with Crippen LogP contribution in [-0.2, 0) is 0 Å². The number of allylic oxidation sites excluding steroid dienone is 2. The number of benzene rings is 2. The van der Waals surface area contributed by atoms with E-state index in [1.54, 1.807) is 57.7 Å². The molecular formula is C28H36O6. The van der Waals surface area contributed by atoms with Crippen LogP contribution in [0.4, 0.5) is 0 Å². The molecule has 6 nitrogen and oxygen atoms in total. The molecule has 0 heterocycles. The maximum atomic E-state index is 13.7. The summed E-state index contributed by atoms with van der Waals surface area (Å²) in [5.74, 6) is 1.43. The van der Waals surface area contributed by atoms with Crippen LogP contribution in [-0.4, -0.2) is 40.0 Å². The van der Waals surface area contributed by atoms with Crippen LogP contribution in [0.15, 0.2) is 48.0 Å². The predicted molar refractivity (Wildman–Crippen MR) is 134 cm³/mol. The zero-order valence-electron chi connectivity index (χ0n) is 21.4. The maximum Gasteiger partial charge on any atom is 0.170 e. The predicted octanol–water partition coefficient (Wildman–Crippen LogP) is 6.03. The van der Waals surface area contributed by atoms with Crippen molar-refractivity contribution in [1.29, 1.82) is 0 Å². The summed E-state index contributed by atoms with van der Waals surface area (Å²) in [4.78, 5) is 27.0. The van der Waals surface area contributed by atoms with E-state index in [2.05, 4.69) is 0 Å². The standard InChI is InChI=1S/C28H36O6/c1-17(2)13-22(28(30)20-10-12-25(32-6)27(15-20)34-8)21(18(3)4)16-23(29)19-9-11-24(31-5)26(14-19)33-7/h9-15,18,21-22H,16H2,1-8H3. The Morgan fingerprint density at radius 3 is 1.68 bits per heavy atom. The molecule has 0 bridgehead atoms. The maximum absolute atomic E-state index is 13.7. The van der Waals surface area contributed by atoms with Crippen molar-refractivity contribution in [2.75, 3.05) is 28.4 Å². The number of hydrogen-bond acceptors (Lipinski definition) is 6. The number of rotatable bonds is 12. The van der Waals surface area contributed by atoms with Crippen LogP contribution in [0.2, 0.25) is 0 Å². The first-order valence-electron chi connectivity index (χ1n) is 11.3. The van der Waals surface area contributed by atoms with Gasteiger partial charge in [0.15, 0.2) is 34.6 Å². The molecule has 2 rings (SSSR count). The second-order valence-electron chi connectivity index (χ2n) is 8.81. The van der Waals surface area contributed by atoms with E-state index in [4.69, 9.17) is 18.9 Å². The molecule has 184 valence electrons. The van der Waals surface area contributed by atoms with Crippen LogP contribution in [0.1, 0.15) is 54.8 Å². The van der Waals surface area contributed by atoms with Crippen LogP contribution < -0.4 is 18.9 Å². The largest absolute Gasteiger partial charge is 0.493 e. The summed E-state index contributed by atoms with van der Waals surface area (Å²) < 4.78 is 21.3. The third kappa shape index (κ3) is 6.40. The number of ether oxygens (including phenoxy) is 4. The van der Waals surface area contributed by atoms with Gasteiger partial charge >= 0.3 is 0 Å². The quantitative estimate of drug-likeness (QED) is 0.280. The van der Waals surface area contributed by atoms with Gasteiger partial charge < -0.3 is 18.9 Å². The van der Waals surface area contributed by atoms with Crippen LogP contribution in [0.25, 0.3) is 0 Å². The van der Waals surface area contributed by atoms with Gasteiger partial charge in [-0.25, -0.2) is 0 Å². The van der Waals surface area contributed by atoms with E-state index < -0.39 is 5.92 Å². The summed E-state index contributed by atoms with van der Waals surface area (Å²) in [5, 5.41) is 0. The number of methoxy groups -OCH3 is 4. The average Bonchev–Trinajstić information content (AvgIpc) is 2.84. The van der Waals surface area contributed by atoms with E-state index in [9.17, 15) is 9.59 Å². The van der Waals surface area contributed by atoms with Crippen molar-refractivity contribution < 1.29 is 28.5 Å². The van der Waals surface area contributed by atoms with Crippen LogP contribution in [0, 0.1) is 17.8 Å². The summed E-state index contributed by atoms with van der Waals surface area (Å²) in [5.41, 5.74) is 2.06. The number of carbonyl (C=O) groups is 2. The van der Waals surface area contributed by atoms with Gasteiger partial charge in [-0.2, -0.15) is 0 Å². The number of ketones is 2. The molecule has 34 heavy (non-hydrogen) atoms. The Labute approximate surface area is 202 Å². The van der Waals surface area contributed by atoms with Gasteiger partial charge in [-0.15, -0.1) is 0 Å². The van der Waals surface area contributed by atoms with Crippen LogP contribution >= 0.6 is 0 Å². The molecule has 0 saturated heterocycles. The lowest BCUT2D eigenvalue weighted by Crippen LogP contribution is -2.29. The molecule has 2 aromatic rings. The monoisotopic (exact) mass is 468 g/mol. The van der Waals surface area contributed by atoms with Gasteiger partial charge in [-0.1, -0.05) is 25.5 Å². The van der Waals surface area contributed by atoms with Gasteiger partial charge in [0.1, 0.15) is 0 Å². The number of hydrogen-bond donors (Lipinski definition) is 0. The third-order valence-electron chi connectivity index (χ3n) is 5.93. The number of Topliss-reactive ketones (excluding diaryl/α,β-unsaturated/α-hetero) is 2. The highest BCUT2D eigenvalue weighted by Crippen LogP contribution is 2.35. The van der Waals surface area contributed by atoms with E-state index in [-0.39, 0.29) is 29.8 Å². The van der Waals surface area contributed by atoms with Gasteiger partial charge in [0.05, 0.1) is 28.4 Å². The minimum Gasteiger partial charge on any atom is -0.493 e. The second-order valence-corrected chi connectivity index (χ2v) is 8.81. The molecule has 0 radical (unpaired) electrons. The van der Waals surface area contributed by atoms with Crippen molar-refractivity contribution in [3.8, 4) is 23.0 Å². The Bertz CT molecular complexity index is 1030. The SMILES string of the molecule is COc1ccc(C(=O)CC(C(C)C)C(C=C(C)C)C(=O)c2ccc(OC)c(OC)c2)cc1OC. The van der Waals surface area contributed by atoms with E-state index in [0.717, 1.165) is 5.57 Å². The molecule has 2 aromatic carbocycles. The van der Waals surface area contributed by atoms with Gasteiger partial charge in [-0.3, -0.25) is 9.59 Å². The highest BCUT2D eigenvalue weighted by atomic mass is 16.5. The van der Waals surface area contributed by atoms with Gasteiger partial charge in [0, 0.05) is 23.5 Å². The molecule has 6 heteroatoms. The molecule has 0 aliphatic heterocycles. The van der Waals surface area contributed by atoms with E-state index in [1.165, 1.54) is 7.11 Å². The summed E-state index contributed by atoms with van der Waals surface area (Å²) >= 11 is 0. The van der Waals surface area contributed by atoms with Gasteiger partial charge in [0.2, 0.25) is 0 Å². The lowest BCUT2D eigenvalue weighted by molar-refractivity contribution is 0.0839.